The third-order valence-corrected chi connectivity index (χ3v) is 5.81. The third kappa shape index (κ3) is 3.36. The molecule has 1 atom stereocenters. The van der Waals surface area contributed by atoms with Crippen molar-refractivity contribution >= 4 is 11.4 Å². The van der Waals surface area contributed by atoms with Crippen molar-refractivity contribution in [1.29, 1.82) is 0 Å². The molecule has 0 aliphatic carbocycles. The van der Waals surface area contributed by atoms with Crippen molar-refractivity contribution < 1.29 is 0 Å². The lowest BCUT2D eigenvalue weighted by Gasteiger charge is -2.39. The van der Waals surface area contributed by atoms with Crippen LogP contribution in [-0.4, -0.2) is 49.7 Å². The minimum atomic E-state index is 0.438. The molecule has 1 fully saturated rings. The van der Waals surface area contributed by atoms with Crippen molar-refractivity contribution in [2.45, 2.75) is 25.8 Å². The van der Waals surface area contributed by atoms with Crippen LogP contribution in [0.1, 0.15) is 30.5 Å². The summed E-state index contributed by atoms with van der Waals surface area (Å²) < 4.78 is 0. The highest BCUT2D eigenvalue weighted by Crippen LogP contribution is 2.31. The van der Waals surface area contributed by atoms with E-state index < -0.39 is 0 Å². The van der Waals surface area contributed by atoms with E-state index in [-0.39, 0.29) is 0 Å². The van der Waals surface area contributed by atoms with Crippen LogP contribution in [0.25, 0.3) is 0 Å². The van der Waals surface area contributed by atoms with Gasteiger partial charge >= 0.3 is 0 Å². The zero-order valence-electron chi connectivity index (χ0n) is 15.4. The molecule has 4 rings (SSSR count). The fourth-order valence-electron chi connectivity index (χ4n) is 4.17. The predicted octanol–water partition coefficient (Wildman–Crippen LogP) is 3.35. The highest BCUT2D eigenvalue weighted by molar-refractivity contribution is 5.63. The van der Waals surface area contributed by atoms with Gasteiger partial charge in [0.25, 0.3) is 0 Å². The molecule has 4 nitrogen and oxygen atoms in total. The van der Waals surface area contributed by atoms with Gasteiger partial charge in [-0.2, -0.15) is 0 Å². The smallest absolute Gasteiger partial charge is 0.0397 e. The largest absolute Gasteiger partial charge is 0.374 e. The van der Waals surface area contributed by atoms with Gasteiger partial charge in [0.2, 0.25) is 0 Å². The summed E-state index contributed by atoms with van der Waals surface area (Å²) in [6.07, 6.45) is 6.33. The molecule has 0 amide bonds. The maximum absolute atomic E-state index is 4.27. The van der Waals surface area contributed by atoms with Gasteiger partial charge < -0.3 is 9.80 Å². The van der Waals surface area contributed by atoms with Gasteiger partial charge in [0, 0.05) is 69.6 Å². The minimum absolute atomic E-state index is 0.438. The second-order valence-corrected chi connectivity index (χ2v) is 7.32. The van der Waals surface area contributed by atoms with Gasteiger partial charge in [-0.05, 0) is 55.2 Å². The van der Waals surface area contributed by atoms with Crippen molar-refractivity contribution in [1.82, 2.24) is 9.88 Å². The second kappa shape index (κ2) is 7.04. The van der Waals surface area contributed by atoms with Crippen molar-refractivity contribution in [2.24, 2.45) is 0 Å². The minimum Gasteiger partial charge on any atom is -0.374 e. The molecule has 132 valence electrons. The summed E-state index contributed by atoms with van der Waals surface area (Å²) >= 11 is 0. The molecular formula is C21H28N4. The fraction of sp³-hybridized carbons (Fsp3) is 0.476. The van der Waals surface area contributed by atoms with Crippen LogP contribution >= 0.6 is 0 Å². The van der Waals surface area contributed by atoms with E-state index in [4.69, 9.17) is 0 Å². The lowest BCUT2D eigenvalue weighted by molar-refractivity contribution is 0.198. The van der Waals surface area contributed by atoms with Crippen LogP contribution in [0, 0.1) is 0 Å². The molecule has 2 aliphatic rings. The molecule has 2 aromatic rings. The number of aryl methyl sites for hydroxylation is 1. The number of hydrogen-bond donors (Lipinski definition) is 0. The second-order valence-electron chi connectivity index (χ2n) is 7.32. The SMILES string of the molecule is CC(c1cccnc1)N1CCN(c2ccc3c(c2)CCCN3C)CC1. The van der Waals surface area contributed by atoms with Crippen LogP contribution in [-0.2, 0) is 6.42 Å². The third-order valence-electron chi connectivity index (χ3n) is 5.81. The first-order chi connectivity index (χ1) is 12.2. The van der Waals surface area contributed by atoms with E-state index in [1.165, 1.54) is 41.9 Å². The van der Waals surface area contributed by atoms with Crippen molar-refractivity contribution in [3.05, 3.63) is 53.9 Å². The number of benzene rings is 1. The van der Waals surface area contributed by atoms with E-state index in [1.807, 2.05) is 18.5 Å². The molecule has 0 spiro atoms. The molecule has 0 bridgehead atoms. The first kappa shape index (κ1) is 16.4. The summed E-state index contributed by atoms with van der Waals surface area (Å²) in [7, 11) is 2.20. The molecular weight excluding hydrogens is 308 g/mol. The molecule has 1 saturated heterocycles. The monoisotopic (exact) mass is 336 g/mol. The first-order valence-electron chi connectivity index (χ1n) is 9.45. The number of rotatable bonds is 3. The molecule has 25 heavy (non-hydrogen) atoms. The standard InChI is InChI=1S/C21H28N4/c1-17(19-5-3-9-22-16-19)24-11-13-25(14-12-24)20-7-8-21-18(15-20)6-4-10-23(21)2/h3,5,7-9,15-17H,4,6,10-14H2,1-2H3. The summed E-state index contributed by atoms with van der Waals surface area (Å²) in [5, 5.41) is 0. The molecule has 1 aromatic carbocycles. The van der Waals surface area contributed by atoms with Gasteiger partial charge in [0.1, 0.15) is 0 Å². The van der Waals surface area contributed by atoms with Crippen LogP contribution in [0.5, 0.6) is 0 Å². The van der Waals surface area contributed by atoms with Crippen molar-refractivity contribution in [3.63, 3.8) is 0 Å². The molecule has 0 N–H and O–H groups in total. The van der Waals surface area contributed by atoms with Crippen molar-refractivity contribution in [2.75, 3.05) is 49.6 Å². The van der Waals surface area contributed by atoms with Gasteiger partial charge in [0.15, 0.2) is 0 Å². The van der Waals surface area contributed by atoms with E-state index in [2.05, 4.69) is 57.9 Å². The van der Waals surface area contributed by atoms with E-state index in [0.29, 0.717) is 6.04 Å². The van der Waals surface area contributed by atoms with Gasteiger partial charge in [-0.1, -0.05) is 6.07 Å². The Morgan fingerprint density at radius 1 is 1.04 bits per heavy atom. The summed E-state index contributed by atoms with van der Waals surface area (Å²) in [5.41, 5.74) is 5.63. The summed E-state index contributed by atoms with van der Waals surface area (Å²) in [6, 6.07) is 11.7. The van der Waals surface area contributed by atoms with Crippen LogP contribution in [0.2, 0.25) is 0 Å². The number of aromatic nitrogens is 1. The topological polar surface area (TPSA) is 22.6 Å². The summed E-state index contributed by atoms with van der Waals surface area (Å²) in [5.74, 6) is 0. The quantitative estimate of drug-likeness (QED) is 0.857. The highest BCUT2D eigenvalue weighted by Gasteiger charge is 2.23. The first-order valence-corrected chi connectivity index (χ1v) is 9.45. The van der Waals surface area contributed by atoms with E-state index >= 15 is 0 Å². The zero-order valence-corrected chi connectivity index (χ0v) is 15.4. The maximum Gasteiger partial charge on any atom is 0.0397 e. The Morgan fingerprint density at radius 3 is 2.64 bits per heavy atom. The van der Waals surface area contributed by atoms with Gasteiger partial charge in [-0.25, -0.2) is 0 Å². The van der Waals surface area contributed by atoms with Crippen molar-refractivity contribution in [3.8, 4) is 0 Å². The molecule has 1 aromatic heterocycles. The number of nitrogens with zero attached hydrogens (tertiary/aromatic N) is 4. The van der Waals surface area contributed by atoms with Gasteiger partial charge in [-0.3, -0.25) is 9.88 Å². The van der Waals surface area contributed by atoms with Crippen LogP contribution in [0.15, 0.2) is 42.7 Å². The summed E-state index contributed by atoms with van der Waals surface area (Å²) in [4.78, 5) is 11.8. The summed E-state index contributed by atoms with van der Waals surface area (Å²) in [6.45, 7) is 7.87. The van der Waals surface area contributed by atoms with Crippen LogP contribution < -0.4 is 9.80 Å². The Bertz CT molecular complexity index is 707. The van der Waals surface area contributed by atoms with E-state index in [9.17, 15) is 0 Å². The Kier molecular flexibility index (Phi) is 4.62. The Hall–Kier alpha value is -2.07. The number of hydrogen-bond acceptors (Lipinski definition) is 4. The normalized spacial score (nSPS) is 19.6. The number of piperazine rings is 1. The fourth-order valence-corrected chi connectivity index (χ4v) is 4.17. The Morgan fingerprint density at radius 2 is 1.88 bits per heavy atom. The Balaban J connectivity index is 1.42. The number of pyridine rings is 1. The molecule has 2 aliphatic heterocycles. The molecule has 0 saturated carbocycles. The molecule has 1 unspecified atom stereocenters. The lowest BCUT2D eigenvalue weighted by atomic mass is 10.0. The predicted molar refractivity (Wildman–Crippen MR) is 104 cm³/mol. The number of anilines is 2. The average molecular weight is 336 g/mol. The molecule has 4 heteroatoms. The van der Waals surface area contributed by atoms with Crippen LogP contribution in [0.3, 0.4) is 0 Å². The molecule has 3 heterocycles. The van der Waals surface area contributed by atoms with Crippen LogP contribution in [0.4, 0.5) is 11.4 Å². The van der Waals surface area contributed by atoms with Gasteiger partial charge in [0.05, 0.1) is 0 Å². The number of fused-ring (bicyclic) bond motifs is 1. The van der Waals surface area contributed by atoms with E-state index in [1.54, 1.807) is 0 Å². The average Bonchev–Trinajstić information content (AvgIpc) is 2.68. The lowest BCUT2D eigenvalue weighted by Crippen LogP contribution is -2.47. The van der Waals surface area contributed by atoms with Gasteiger partial charge in [-0.15, -0.1) is 0 Å². The Labute approximate surface area is 151 Å². The van der Waals surface area contributed by atoms with E-state index in [0.717, 1.165) is 26.2 Å². The highest BCUT2D eigenvalue weighted by atomic mass is 15.3. The zero-order chi connectivity index (χ0) is 17.2. The maximum atomic E-state index is 4.27. The molecule has 0 radical (unpaired) electrons.